The first kappa shape index (κ1) is 21.6. The van der Waals surface area contributed by atoms with E-state index in [4.69, 9.17) is 11.6 Å². The Morgan fingerprint density at radius 3 is 2.70 bits per heavy atom. The molecule has 3 aromatic rings. The van der Waals surface area contributed by atoms with E-state index in [0.717, 1.165) is 38.1 Å². The summed E-state index contributed by atoms with van der Waals surface area (Å²) >= 11 is 6.14. The molecule has 0 atom stereocenters. The standard InChI is InChI=1S/C24H23ClFN5O2/c25-16-8-9-17(20(14-16)30-12-4-6-22(30)32)24(33)27-19-13-15(7-10-18(19)26)23-29-28-21-5-2-1-3-11-31(21)23/h7-10,13-14H,1-6,11-12H2,(H,27,33). The molecule has 2 aliphatic rings. The summed E-state index contributed by atoms with van der Waals surface area (Å²) < 4.78 is 16.7. The average molecular weight is 468 g/mol. The van der Waals surface area contributed by atoms with Crippen molar-refractivity contribution >= 4 is 34.8 Å². The molecule has 1 fully saturated rings. The van der Waals surface area contributed by atoms with Crippen LogP contribution in [-0.4, -0.2) is 33.1 Å². The lowest BCUT2D eigenvalue weighted by Crippen LogP contribution is -2.27. The first-order valence-corrected chi connectivity index (χ1v) is 11.5. The molecule has 0 spiro atoms. The van der Waals surface area contributed by atoms with E-state index in [0.29, 0.717) is 41.5 Å². The Hall–Kier alpha value is -3.26. The molecule has 0 radical (unpaired) electrons. The Bertz CT molecular complexity index is 1240. The van der Waals surface area contributed by atoms with Crippen LogP contribution >= 0.6 is 11.6 Å². The van der Waals surface area contributed by atoms with Gasteiger partial charge in [0.15, 0.2) is 5.82 Å². The molecule has 2 aromatic carbocycles. The van der Waals surface area contributed by atoms with Gasteiger partial charge in [-0.25, -0.2) is 4.39 Å². The zero-order chi connectivity index (χ0) is 22.9. The monoisotopic (exact) mass is 467 g/mol. The lowest BCUT2D eigenvalue weighted by Gasteiger charge is -2.20. The molecule has 0 bridgehead atoms. The van der Waals surface area contributed by atoms with Gasteiger partial charge in [-0.2, -0.15) is 0 Å². The first-order chi connectivity index (χ1) is 16.0. The zero-order valence-corrected chi connectivity index (χ0v) is 18.7. The molecule has 170 valence electrons. The number of benzene rings is 2. The van der Waals surface area contributed by atoms with Crippen LogP contribution in [0.2, 0.25) is 5.02 Å². The highest BCUT2D eigenvalue weighted by atomic mass is 35.5. The van der Waals surface area contributed by atoms with Gasteiger partial charge in [0.1, 0.15) is 11.6 Å². The second-order valence-corrected chi connectivity index (χ2v) is 8.80. The Labute approximate surface area is 195 Å². The van der Waals surface area contributed by atoms with Crippen molar-refractivity contribution in [3.63, 3.8) is 0 Å². The van der Waals surface area contributed by atoms with Gasteiger partial charge in [-0.1, -0.05) is 18.0 Å². The number of nitrogens with one attached hydrogen (secondary N) is 1. The Morgan fingerprint density at radius 1 is 1.00 bits per heavy atom. The highest BCUT2D eigenvalue weighted by Gasteiger charge is 2.27. The molecule has 0 unspecified atom stereocenters. The highest BCUT2D eigenvalue weighted by molar-refractivity contribution is 6.31. The van der Waals surface area contributed by atoms with E-state index in [1.807, 2.05) is 0 Å². The molecule has 3 heterocycles. The van der Waals surface area contributed by atoms with Crippen LogP contribution in [0.1, 0.15) is 48.3 Å². The minimum absolute atomic E-state index is 0.0390. The number of carbonyl (C=O) groups is 2. The minimum atomic E-state index is -0.560. The van der Waals surface area contributed by atoms with Crippen molar-refractivity contribution in [2.45, 2.75) is 45.1 Å². The lowest BCUT2D eigenvalue weighted by molar-refractivity contribution is -0.117. The first-order valence-electron chi connectivity index (χ1n) is 11.1. The van der Waals surface area contributed by atoms with Crippen LogP contribution in [0.3, 0.4) is 0 Å². The van der Waals surface area contributed by atoms with E-state index < -0.39 is 11.7 Å². The van der Waals surface area contributed by atoms with Crippen molar-refractivity contribution in [2.24, 2.45) is 0 Å². The third-order valence-corrected chi connectivity index (χ3v) is 6.39. The number of halogens is 2. The SMILES string of the molecule is O=C(Nc1cc(-c2nnc3n2CCCCC3)ccc1F)c1ccc(Cl)cc1N1CCCC1=O. The quantitative estimate of drug-likeness (QED) is 0.595. The maximum atomic E-state index is 14.7. The summed E-state index contributed by atoms with van der Waals surface area (Å²) in [7, 11) is 0. The molecule has 5 rings (SSSR count). The van der Waals surface area contributed by atoms with Gasteiger partial charge in [-0.15, -0.1) is 10.2 Å². The van der Waals surface area contributed by atoms with Gasteiger partial charge < -0.3 is 14.8 Å². The molecule has 0 aliphatic carbocycles. The summed E-state index contributed by atoms with van der Waals surface area (Å²) in [5.74, 6) is 0.454. The van der Waals surface area contributed by atoms with Gasteiger partial charge in [0.25, 0.3) is 5.91 Å². The largest absolute Gasteiger partial charge is 0.319 e. The fourth-order valence-corrected chi connectivity index (χ4v) is 4.64. The summed E-state index contributed by atoms with van der Waals surface area (Å²) in [6.45, 7) is 1.33. The average Bonchev–Trinajstić information content (AvgIpc) is 3.34. The minimum Gasteiger partial charge on any atom is -0.319 e. The van der Waals surface area contributed by atoms with Crippen LogP contribution in [0.15, 0.2) is 36.4 Å². The van der Waals surface area contributed by atoms with Gasteiger partial charge >= 0.3 is 0 Å². The number of anilines is 2. The fraction of sp³-hybridized carbons (Fsp3) is 0.333. The molecule has 1 N–H and O–H groups in total. The summed E-state index contributed by atoms with van der Waals surface area (Å²) in [6, 6.07) is 9.27. The molecule has 0 saturated carbocycles. The van der Waals surface area contributed by atoms with Crippen molar-refractivity contribution in [3.05, 3.63) is 58.6 Å². The predicted octanol–water partition coefficient (Wildman–Crippen LogP) is 4.84. The van der Waals surface area contributed by atoms with E-state index in [2.05, 4.69) is 20.1 Å². The predicted molar refractivity (Wildman–Crippen MR) is 124 cm³/mol. The topological polar surface area (TPSA) is 80.1 Å². The third kappa shape index (κ3) is 4.23. The van der Waals surface area contributed by atoms with Crippen LogP contribution in [0.5, 0.6) is 0 Å². The molecule has 1 aromatic heterocycles. The van der Waals surface area contributed by atoms with Gasteiger partial charge in [0.05, 0.1) is 16.9 Å². The van der Waals surface area contributed by atoms with Crippen molar-refractivity contribution in [1.29, 1.82) is 0 Å². The maximum absolute atomic E-state index is 14.7. The molecular weight excluding hydrogens is 445 g/mol. The van der Waals surface area contributed by atoms with E-state index >= 15 is 0 Å². The molecular formula is C24H23ClFN5O2. The van der Waals surface area contributed by atoms with Gasteiger partial charge in [0.2, 0.25) is 5.91 Å². The van der Waals surface area contributed by atoms with Crippen molar-refractivity contribution in [3.8, 4) is 11.4 Å². The molecule has 1 saturated heterocycles. The molecule has 2 amide bonds. The number of carbonyl (C=O) groups excluding carboxylic acids is 2. The number of aromatic nitrogens is 3. The Balaban J connectivity index is 1.46. The van der Waals surface area contributed by atoms with Crippen LogP contribution in [0.4, 0.5) is 15.8 Å². The number of nitrogens with zero attached hydrogens (tertiary/aromatic N) is 4. The molecule has 33 heavy (non-hydrogen) atoms. The van der Waals surface area contributed by atoms with Crippen LogP contribution in [-0.2, 0) is 17.8 Å². The number of hydrogen-bond acceptors (Lipinski definition) is 4. The van der Waals surface area contributed by atoms with Crippen LogP contribution in [0, 0.1) is 5.82 Å². The number of amides is 2. The number of hydrogen-bond donors (Lipinski definition) is 1. The summed E-state index contributed by atoms with van der Waals surface area (Å²) in [5, 5.41) is 11.7. The summed E-state index contributed by atoms with van der Waals surface area (Å²) in [6.07, 6.45) is 5.25. The second-order valence-electron chi connectivity index (χ2n) is 8.36. The highest BCUT2D eigenvalue weighted by Crippen LogP contribution is 2.31. The van der Waals surface area contributed by atoms with Crippen LogP contribution < -0.4 is 10.2 Å². The number of fused-ring (bicyclic) bond motifs is 1. The smallest absolute Gasteiger partial charge is 0.257 e. The van der Waals surface area contributed by atoms with Crippen molar-refractivity contribution < 1.29 is 14.0 Å². The Morgan fingerprint density at radius 2 is 1.88 bits per heavy atom. The summed E-state index contributed by atoms with van der Waals surface area (Å²) in [5.41, 5.74) is 1.41. The zero-order valence-electron chi connectivity index (χ0n) is 18.0. The van der Waals surface area contributed by atoms with E-state index in [1.54, 1.807) is 35.2 Å². The van der Waals surface area contributed by atoms with Crippen molar-refractivity contribution in [2.75, 3.05) is 16.8 Å². The second kappa shape index (κ2) is 8.94. The molecule has 7 nitrogen and oxygen atoms in total. The number of rotatable bonds is 4. The van der Waals surface area contributed by atoms with Crippen LogP contribution in [0.25, 0.3) is 11.4 Å². The van der Waals surface area contributed by atoms with Gasteiger partial charge in [-0.3, -0.25) is 9.59 Å². The van der Waals surface area contributed by atoms with Gasteiger partial charge in [-0.05, 0) is 55.7 Å². The fourth-order valence-electron chi connectivity index (χ4n) is 4.47. The molecule has 2 aliphatic heterocycles. The third-order valence-electron chi connectivity index (χ3n) is 6.15. The maximum Gasteiger partial charge on any atom is 0.257 e. The lowest BCUT2D eigenvalue weighted by atomic mass is 10.1. The van der Waals surface area contributed by atoms with E-state index in [9.17, 15) is 14.0 Å². The summed E-state index contributed by atoms with van der Waals surface area (Å²) in [4.78, 5) is 27.0. The van der Waals surface area contributed by atoms with Crippen molar-refractivity contribution in [1.82, 2.24) is 14.8 Å². The van der Waals surface area contributed by atoms with E-state index in [-0.39, 0.29) is 17.2 Å². The Kier molecular flexibility index (Phi) is 5.85. The number of aryl methyl sites for hydroxylation is 1. The normalized spacial score (nSPS) is 15.9. The van der Waals surface area contributed by atoms with E-state index in [1.165, 1.54) is 6.07 Å². The molecule has 9 heteroatoms. The van der Waals surface area contributed by atoms with Gasteiger partial charge in [0, 0.05) is 36.5 Å².